The molecule has 0 spiro atoms. The number of nitrogens with two attached hydrogens (primary N) is 2. The van der Waals surface area contributed by atoms with Crippen molar-refractivity contribution in [1.82, 2.24) is 24.9 Å². The van der Waals surface area contributed by atoms with E-state index in [1.165, 1.54) is 0 Å². The summed E-state index contributed by atoms with van der Waals surface area (Å²) in [5.74, 6) is -0.590. The number of aromatic amines is 1. The molecule has 2 aromatic rings. The molecule has 0 saturated carbocycles. The summed E-state index contributed by atoms with van der Waals surface area (Å²) in [6.45, 7) is 6.83. The first kappa shape index (κ1) is 16.0. The van der Waals surface area contributed by atoms with E-state index >= 15 is 0 Å². The fourth-order valence-electron chi connectivity index (χ4n) is 3.34. The lowest BCUT2D eigenvalue weighted by molar-refractivity contribution is 0.0899. The van der Waals surface area contributed by atoms with Gasteiger partial charge in [0.05, 0.1) is 30.0 Å². The number of primary amides is 2. The van der Waals surface area contributed by atoms with Gasteiger partial charge < -0.3 is 16.4 Å². The fraction of sp³-hybridized carbons (Fsp3) is 0.467. The Balaban J connectivity index is 2.27. The quantitative estimate of drug-likeness (QED) is 0.751. The minimum absolute atomic E-state index is 0.308. The van der Waals surface area contributed by atoms with Gasteiger partial charge in [-0.15, -0.1) is 0 Å². The Bertz CT molecular complexity index is 786. The van der Waals surface area contributed by atoms with Gasteiger partial charge in [0.2, 0.25) is 0 Å². The normalized spacial score (nSPS) is 17.6. The molecule has 128 valence electrons. The van der Waals surface area contributed by atoms with Gasteiger partial charge in [0.1, 0.15) is 5.69 Å². The first-order chi connectivity index (χ1) is 11.2. The summed E-state index contributed by atoms with van der Waals surface area (Å²) in [4.78, 5) is 25.7. The zero-order valence-corrected chi connectivity index (χ0v) is 13.9. The molecule has 1 unspecified atom stereocenters. The third kappa shape index (κ3) is 2.41. The molecular weight excluding hydrogens is 310 g/mol. The van der Waals surface area contributed by atoms with Gasteiger partial charge in [0.15, 0.2) is 0 Å². The van der Waals surface area contributed by atoms with E-state index in [0.717, 1.165) is 0 Å². The lowest BCUT2D eigenvalue weighted by Crippen LogP contribution is -2.49. The number of nitrogens with one attached hydrogen (secondary N) is 1. The van der Waals surface area contributed by atoms with Gasteiger partial charge in [0.25, 0.3) is 5.91 Å². The number of hydrogen-bond donors (Lipinski definition) is 3. The van der Waals surface area contributed by atoms with E-state index in [1.807, 2.05) is 20.8 Å². The first-order valence-corrected chi connectivity index (χ1v) is 7.67. The lowest BCUT2D eigenvalue weighted by atomic mass is 9.81. The number of H-pyrrole nitrogens is 1. The number of aromatic nitrogens is 4. The van der Waals surface area contributed by atoms with Crippen LogP contribution in [0.5, 0.6) is 0 Å². The summed E-state index contributed by atoms with van der Waals surface area (Å²) in [6.07, 6.45) is 3.23. The average molecular weight is 331 g/mol. The number of nitrogens with zero attached hydrogens (tertiary/aromatic N) is 4. The van der Waals surface area contributed by atoms with E-state index in [0.29, 0.717) is 35.6 Å². The van der Waals surface area contributed by atoms with Crippen molar-refractivity contribution in [2.24, 2.45) is 16.9 Å². The van der Waals surface area contributed by atoms with E-state index in [9.17, 15) is 9.59 Å². The van der Waals surface area contributed by atoms with Gasteiger partial charge in [0, 0.05) is 18.3 Å². The number of hydrogen-bond acceptors (Lipinski definition) is 4. The first-order valence-electron chi connectivity index (χ1n) is 7.67. The Labute approximate surface area is 139 Å². The third-order valence-electron chi connectivity index (χ3n) is 4.24. The molecule has 0 fully saturated rings. The molecule has 1 aliphatic heterocycles. The Hall–Kier alpha value is -2.84. The molecule has 0 aromatic carbocycles. The second kappa shape index (κ2) is 5.36. The van der Waals surface area contributed by atoms with Crippen LogP contribution in [-0.4, -0.2) is 43.4 Å². The molecule has 9 heteroatoms. The summed E-state index contributed by atoms with van der Waals surface area (Å²) in [5.41, 5.74) is 12.9. The van der Waals surface area contributed by atoms with Crippen LogP contribution in [0, 0.1) is 5.41 Å². The highest BCUT2D eigenvalue weighted by molar-refractivity contribution is 6.00. The number of urea groups is 1. The summed E-state index contributed by atoms with van der Waals surface area (Å²) < 4.78 is 1.75. The van der Waals surface area contributed by atoms with Crippen LogP contribution >= 0.6 is 0 Å². The molecular formula is C15H21N7O2. The van der Waals surface area contributed by atoms with Gasteiger partial charge in [-0.3, -0.25) is 14.6 Å². The number of carbonyl (C=O) groups excluding carboxylic acids is 2. The molecule has 3 amide bonds. The summed E-state index contributed by atoms with van der Waals surface area (Å²) in [7, 11) is 0. The van der Waals surface area contributed by atoms with Crippen LogP contribution in [0.2, 0.25) is 0 Å². The molecule has 0 aliphatic carbocycles. The molecule has 3 heterocycles. The molecule has 24 heavy (non-hydrogen) atoms. The standard InChI is InChI=1S/C15H21N7O2/c1-15(2,3)12-11-9(13(16)23)10(8-6-18-19-7-8)20-22(11)5-4-21(12)14(17)24/h6-7,12H,4-5H2,1-3H3,(H2,16,23)(H2,17,24)(H,18,19). The maximum Gasteiger partial charge on any atom is 0.315 e. The number of rotatable bonds is 2. The Morgan fingerprint density at radius 1 is 1.29 bits per heavy atom. The van der Waals surface area contributed by atoms with Crippen LogP contribution in [0.15, 0.2) is 12.4 Å². The van der Waals surface area contributed by atoms with Crippen molar-refractivity contribution in [3.05, 3.63) is 23.7 Å². The highest BCUT2D eigenvalue weighted by Crippen LogP contribution is 2.43. The van der Waals surface area contributed by atoms with Crippen molar-refractivity contribution >= 4 is 11.9 Å². The van der Waals surface area contributed by atoms with Crippen LogP contribution in [-0.2, 0) is 6.54 Å². The second-order valence-corrected chi connectivity index (χ2v) is 6.98. The number of fused-ring (bicyclic) bond motifs is 1. The van der Waals surface area contributed by atoms with Crippen LogP contribution in [0.1, 0.15) is 42.9 Å². The predicted molar refractivity (Wildman–Crippen MR) is 86.8 cm³/mol. The van der Waals surface area contributed by atoms with Crippen molar-refractivity contribution < 1.29 is 9.59 Å². The molecule has 0 bridgehead atoms. The van der Waals surface area contributed by atoms with Gasteiger partial charge >= 0.3 is 6.03 Å². The predicted octanol–water partition coefficient (Wildman–Crippen LogP) is 0.854. The van der Waals surface area contributed by atoms with Crippen molar-refractivity contribution in [1.29, 1.82) is 0 Å². The molecule has 9 nitrogen and oxygen atoms in total. The zero-order valence-electron chi connectivity index (χ0n) is 13.9. The minimum Gasteiger partial charge on any atom is -0.365 e. The largest absolute Gasteiger partial charge is 0.365 e. The van der Waals surface area contributed by atoms with Crippen molar-refractivity contribution in [3.8, 4) is 11.3 Å². The molecule has 2 aromatic heterocycles. The van der Waals surface area contributed by atoms with Gasteiger partial charge in [-0.25, -0.2) is 4.79 Å². The van der Waals surface area contributed by atoms with Crippen LogP contribution in [0.25, 0.3) is 11.3 Å². The molecule has 1 atom stereocenters. The van der Waals surface area contributed by atoms with E-state index < -0.39 is 18.0 Å². The monoisotopic (exact) mass is 331 g/mol. The van der Waals surface area contributed by atoms with Crippen molar-refractivity contribution in [3.63, 3.8) is 0 Å². The van der Waals surface area contributed by atoms with Crippen LogP contribution in [0.4, 0.5) is 4.79 Å². The SMILES string of the molecule is CC(C)(C)C1c2c(C(N)=O)c(-c3cn[nH]c3)nn2CCN1C(N)=O. The van der Waals surface area contributed by atoms with Gasteiger partial charge in [-0.2, -0.15) is 10.2 Å². The maximum absolute atomic E-state index is 12.2. The minimum atomic E-state index is -0.590. The van der Waals surface area contributed by atoms with E-state index in [2.05, 4.69) is 15.3 Å². The maximum atomic E-state index is 12.2. The number of carbonyl (C=O) groups is 2. The zero-order chi connectivity index (χ0) is 17.6. The average Bonchev–Trinajstić information content (AvgIpc) is 3.11. The van der Waals surface area contributed by atoms with Crippen molar-refractivity contribution in [2.75, 3.05) is 6.54 Å². The third-order valence-corrected chi connectivity index (χ3v) is 4.24. The molecule has 5 N–H and O–H groups in total. The van der Waals surface area contributed by atoms with E-state index in [1.54, 1.807) is 22.0 Å². The van der Waals surface area contributed by atoms with Crippen LogP contribution < -0.4 is 11.5 Å². The van der Waals surface area contributed by atoms with Crippen LogP contribution in [0.3, 0.4) is 0 Å². The summed E-state index contributed by atoms with van der Waals surface area (Å²) in [5, 5.41) is 11.2. The van der Waals surface area contributed by atoms with Gasteiger partial charge in [-0.1, -0.05) is 20.8 Å². The topological polar surface area (TPSA) is 136 Å². The molecule has 1 aliphatic rings. The van der Waals surface area contributed by atoms with E-state index in [-0.39, 0.29) is 5.41 Å². The van der Waals surface area contributed by atoms with Crippen molar-refractivity contribution in [2.45, 2.75) is 33.4 Å². The Morgan fingerprint density at radius 3 is 2.50 bits per heavy atom. The lowest BCUT2D eigenvalue weighted by Gasteiger charge is -2.42. The summed E-state index contributed by atoms with van der Waals surface area (Å²) >= 11 is 0. The van der Waals surface area contributed by atoms with E-state index in [4.69, 9.17) is 11.5 Å². The fourth-order valence-corrected chi connectivity index (χ4v) is 3.34. The Morgan fingerprint density at radius 2 is 2.00 bits per heavy atom. The van der Waals surface area contributed by atoms with Gasteiger partial charge in [-0.05, 0) is 5.41 Å². The molecule has 3 rings (SSSR count). The highest BCUT2D eigenvalue weighted by Gasteiger charge is 2.42. The smallest absolute Gasteiger partial charge is 0.315 e. The number of amides is 3. The Kier molecular flexibility index (Phi) is 3.58. The molecule has 0 radical (unpaired) electrons. The summed E-state index contributed by atoms with van der Waals surface area (Å²) in [6, 6.07) is -0.929. The second-order valence-electron chi connectivity index (χ2n) is 6.98. The highest BCUT2D eigenvalue weighted by atomic mass is 16.2. The molecule has 0 saturated heterocycles.